The van der Waals surface area contributed by atoms with Crippen LogP contribution in [0.3, 0.4) is 0 Å². The van der Waals surface area contributed by atoms with Gasteiger partial charge in [-0.1, -0.05) is 12.8 Å². The van der Waals surface area contributed by atoms with Crippen LogP contribution in [0.1, 0.15) is 25.7 Å². The highest BCUT2D eigenvalue weighted by Crippen LogP contribution is 2.25. The standard InChI is InChI=1S/C12H18FN3O2S/c13-10-5-11(8-15-7-10)19(17,18)16-12-4-2-1-3-9(12)6-14/h5,7-9,12,16H,1-4,6,14H2. The normalized spacial score (nSPS) is 24.3. The van der Waals surface area contributed by atoms with E-state index >= 15 is 0 Å². The number of nitrogens with two attached hydrogens (primary N) is 1. The summed E-state index contributed by atoms with van der Waals surface area (Å²) in [6.45, 7) is 0.453. The molecule has 7 heteroatoms. The first kappa shape index (κ1) is 14.4. The number of nitrogens with one attached hydrogen (secondary N) is 1. The number of hydrogen-bond acceptors (Lipinski definition) is 4. The quantitative estimate of drug-likeness (QED) is 0.865. The molecule has 2 atom stereocenters. The first-order chi connectivity index (χ1) is 9.03. The summed E-state index contributed by atoms with van der Waals surface area (Å²) < 4.78 is 40.0. The third kappa shape index (κ3) is 3.49. The topological polar surface area (TPSA) is 85.1 Å². The van der Waals surface area contributed by atoms with Gasteiger partial charge in [0.05, 0.1) is 6.20 Å². The number of nitrogens with zero attached hydrogens (tertiary/aromatic N) is 1. The van der Waals surface area contributed by atoms with Gasteiger partial charge in [-0.25, -0.2) is 17.5 Å². The van der Waals surface area contributed by atoms with Crippen molar-refractivity contribution in [1.82, 2.24) is 9.71 Å². The first-order valence-corrected chi connectivity index (χ1v) is 7.84. The summed E-state index contributed by atoms with van der Waals surface area (Å²) in [4.78, 5) is 3.42. The van der Waals surface area contributed by atoms with Crippen molar-refractivity contribution < 1.29 is 12.8 Å². The molecule has 0 saturated heterocycles. The number of halogens is 1. The molecule has 0 aromatic carbocycles. The Balaban J connectivity index is 2.16. The van der Waals surface area contributed by atoms with Gasteiger partial charge in [-0.15, -0.1) is 0 Å². The van der Waals surface area contributed by atoms with Crippen molar-refractivity contribution in [1.29, 1.82) is 0 Å². The maximum Gasteiger partial charge on any atom is 0.242 e. The van der Waals surface area contributed by atoms with E-state index in [2.05, 4.69) is 9.71 Å². The lowest BCUT2D eigenvalue weighted by atomic mass is 9.85. The van der Waals surface area contributed by atoms with Gasteiger partial charge >= 0.3 is 0 Å². The summed E-state index contributed by atoms with van der Waals surface area (Å²) in [5, 5.41) is 0. The van der Waals surface area contributed by atoms with E-state index in [9.17, 15) is 12.8 Å². The molecule has 0 radical (unpaired) electrons. The second-order valence-electron chi connectivity index (χ2n) is 4.85. The van der Waals surface area contributed by atoms with Gasteiger partial charge in [-0.3, -0.25) is 4.98 Å². The Morgan fingerprint density at radius 3 is 2.79 bits per heavy atom. The van der Waals surface area contributed by atoms with E-state index in [4.69, 9.17) is 5.73 Å². The number of aromatic nitrogens is 1. The molecule has 0 bridgehead atoms. The van der Waals surface area contributed by atoms with Crippen LogP contribution < -0.4 is 10.5 Å². The van der Waals surface area contributed by atoms with Crippen molar-refractivity contribution in [3.63, 3.8) is 0 Å². The smallest absolute Gasteiger partial charge is 0.242 e. The minimum Gasteiger partial charge on any atom is -0.330 e. The van der Waals surface area contributed by atoms with Crippen LogP contribution in [0.5, 0.6) is 0 Å². The molecule has 0 amide bonds. The van der Waals surface area contributed by atoms with Gasteiger partial charge in [0.2, 0.25) is 10.0 Å². The maximum atomic E-state index is 13.0. The molecule has 1 aliphatic carbocycles. The zero-order valence-corrected chi connectivity index (χ0v) is 11.4. The van der Waals surface area contributed by atoms with E-state index in [0.29, 0.717) is 6.54 Å². The molecule has 1 saturated carbocycles. The van der Waals surface area contributed by atoms with Gasteiger partial charge in [-0.2, -0.15) is 0 Å². The summed E-state index contributed by atoms with van der Waals surface area (Å²) in [6.07, 6.45) is 5.86. The molecular weight excluding hydrogens is 269 g/mol. The number of hydrogen-bond donors (Lipinski definition) is 2. The van der Waals surface area contributed by atoms with Gasteiger partial charge in [0.1, 0.15) is 10.7 Å². The fraction of sp³-hybridized carbons (Fsp3) is 0.583. The number of rotatable bonds is 4. The molecule has 1 heterocycles. The lowest BCUT2D eigenvalue weighted by molar-refractivity contribution is 0.296. The Hall–Kier alpha value is -1.05. The van der Waals surface area contributed by atoms with Crippen LogP contribution in [-0.4, -0.2) is 26.0 Å². The Labute approximate surface area is 112 Å². The van der Waals surface area contributed by atoms with Crippen LogP contribution in [0.2, 0.25) is 0 Å². The zero-order valence-electron chi connectivity index (χ0n) is 10.5. The first-order valence-electron chi connectivity index (χ1n) is 6.36. The molecule has 106 valence electrons. The van der Waals surface area contributed by atoms with Crippen LogP contribution in [0, 0.1) is 11.7 Å². The van der Waals surface area contributed by atoms with Crippen molar-refractivity contribution >= 4 is 10.0 Å². The van der Waals surface area contributed by atoms with Crippen LogP contribution in [-0.2, 0) is 10.0 Å². The second kappa shape index (κ2) is 5.94. The summed E-state index contributed by atoms with van der Waals surface area (Å²) >= 11 is 0. The third-order valence-electron chi connectivity index (χ3n) is 3.51. The predicted molar refractivity (Wildman–Crippen MR) is 69.3 cm³/mol. The molecule has 1 aliphatic rings. The Morgan fingerprint density at radius 1 is 1.37 bits per heavy atom. The van der Waals surface area contributed by atoms with E-state index in [1.165, 1.54) is 0 Å². The lowest BCUT2D eigenvalue weighted by Gasteiger charge is -2.30. The van der Waals surface area contributed by atoms with Crippen LogP contribution in [0.15, 0.2) is 23.4 Å². The van der Waals surface area contributed by atoms with Crippen molar-refractivity contribution in [3.8, 4) is 0 Å². The van der Waals surface area contributed by atoms with Crippen LogP contribution in [0.25, 0.3) is 0 Å². The van der Waals surface area contributed by atoms with Gasteiger partial charge in [0.15, 0.2) is 0 Å². The highest BCUT2D eigenvalue weighted by atomic mass is 32.2. The van der Waals surface area contributed by atoms with Gasteiger partial charge < -0.3 is 5.73 Å². The van der Waals surface area contributed by atoms with Gasteiger partial charge in [-0.05, 0) is 31.4 Å². The Kier molecular flexibility index (Phi) is 4.49. The summed E-state index contributed by atoms with van der Waals surface area (Å²) in [5.41, 5.74) is 5.67. The molecule has 3 N–H and O–H groups in total. The molecule has 1 aromatic heterocycles. The highest BCUT2D eigenvalue weighted by Gasteiger charge is 2.28. The molecular formula is C12H18FN3O2S. The molecule has 0 aliphatic heterocycles. The Bertz CT molecular complexity index is 536. The van der Waals surface area contributed by atoms with E-state index < -0.39 is 15.8 Å². The molecule has 1 fully saturated rings. The second-order valence-corrected chi connectivity index (χ2v) is 6.56. The van der Waals surface area contributed by atoms with E-state index in [1.807, 2.05) is 0 Å². The van der Waals surface area contributed by atoms with E-state index in [1.54, 1.807) is 0 Å². The van der Waals surface area contributed by atoms with E-state index in [-0.39, 0.29) is 16.9 Å². The van der Waals surface area contributed by atoms with Crippen LogP contribution in [0.4, 0.5) is 4.39 Å². The summed E-state index contributed by atoms with van der Waals surface area (Å²) in [5.74, 6) is -0.521. The molecule has 5 nitrogen and oxygen atoms in total. The van der Waals surface area contributed by atoms with E-state index in [0.717, 1.165) is 44.1 Å². The number of sulfonamides is 1. The average Bonchev–Trinajstić information content (AvgIpc) is 2.39. The fourth-order valence-corrected chi connectivity index (χ4v) is 3.76. The number of pyridine rings is 1. The molecule has 0 spiro atoms. The van der Waals surface area contributed by atoms with Gasteiger partial charge in [0.25, 0.3) is 0 Å². The Morgan fingerprint density at radius 2 is 2.11 bits per heavy atom. The van der Waals surface area contributed by atoms with Crippen molar-refractivity contribution in [3.05, 3.63) is 24.3 Å². The average molecular weight is 287 g/mol. The monoisotopic (exact) mass is 287 g/mol. The van der Waals surface area contributed by atoms with Gasteiger partial charge in [0, 0.05) is 12.2 Å². The zero-order chi connectivity index (χ0) is 13.9. The highest BCUT2D eigenvalue weighted by molar-refractivity contribution is 7.89. The summed E-state index contributed by atoms with van der Waals surface area (Å²) in [6, 6.07) is 0.794. The predicted octanol–water partition coefficient (Wildman–Crippen LogP) is 1.02. The minimum atomic E-state index is -3.73. The fourth-order valence-electron chi connectivity index (χ4n) is 2.45. The van der Waals surface area contributed by atoms with Crippen molar-refractivity contribution in [2.24, 2.45) is 11.7 Å². The van der Waals surface area contributed by atoms with Crippen molar-refractivity contribution in [2.75, 3.05) is 6.54 Å². The summed E-state index contributed by atoms with van der Waals surface area (Å²) in [7, 11) is -3.73. The molecule has 1 aromatic rings. The molecule has 2 rings (SSSR count). The lowest BCUT2D eigenvalue weighted by Crippen LogP contribution is -2.44. The molecule has 2 unspecified atom stereocenters. The third-order valence-corrected chi connectivity index (χ3v) is 4.97. The SMILES string of the molecule is NCC1CCCCC1NS(=O)(=O)c1cncc(F)c1. The van der Waals surface area contributed by atoms with Crippen LogP contribution >= 0.6 is 0 Å². The molecule has 19 heavy (non-hydrogen) atoms. The maximum absolute atomic E-state index is 13.0. The minimum absolute atomic E-state index is 0.144. The largest absolute Gasteiger partial charge is 0.330 e. The van der Waals surface area contributed by atoms with Crippen molar-refractivity contribution in [2.45, 2.75) is 36.6 Å².